The normalized spacial score (nSPS) is 24.9. The van der Waals surface area contributed by atoms with Gasteiger partial charge >= 0.3 is 12.0 Å². The van der Waals surface area contributed by atoms with Crippen LogP contribution in [0.5, 0.6) is 12.0 Å². The fourth-order valence-corrected chi connectivity index (χ4v) is 5.91. The van der Waals surface area contributed by atoms with Gasteiger partial charge in [-0.25, -0.2) is 19.9 Å². The maximum atomic E-state index is 5.74. The van der Waals surface area contributed by atoms with E-state index in [1.165, 1.54) is 44.3 Å². The van der Waals surface area contributed by atoms with Gasteiger partial charge in [0, 0.05) is 69.2 Å². The fourth-order valence-electron chi connectivity index (χ4n) is 5.91. The highest BCUT2D eigenvalue weighted by Gasteiger charge is 2.35. The van der Waals surface area contributed by atoms with Crippen LogP contribution in [0.15, 0.2) is 24.8 Å². The Balaban J connectivity index is 0.000000216. The van der Waals surface area contributed by atoms with Crippen molar-refractivity contribution in [3.63, 3.8) is 0 Å². The number of rotatable bonds is 10. The average Bonchev–Trinajstić information content (AvgIpc) is 2.98. The van der Waals surface area contributed by atoms with E-state index >= 15 is 0 Å². The summed E-state index contributed by atoms with van der Waals surface area (Å²) in [6.07, 6.45) is 14.7. The van der Waals surface area contributed by atoms with Crippen molar-refractivity contribution in [3.05, 3.63) is 35.9 Å². The van der Waals surface area contributed by atoms with Crippen molar-refractivity contribution in [1.29, 1.82) is 0 Å². The van der Waals surface area contributed by atoms with Crippen molar-refractivity contribution >= 4 is 0 Å². The second-order valence-electron chi connectivity index (χ2n) is 11.5. The topological polar surface area (TPSA) is 85.7 Å². The number of hydrogen-bond acceptors (Lipinski definition) is 9. The van der Waals surface area contributed by atoms with E-state index in [2.05, 4.69) is 57.4 Å². The summed E-state index contributed by atoms with van der Waals surface area (Å²) in [6, 6.07) is 0.860. The van der Waals surface area contributed by atoms with Gasteiger partial charge in [-0.15, -0.1) is 0 Å². The zero-order valence-corrected chi connectivity index (χ0v) is 25.3. The second kappa shape index (κ2) is 14.9. The second-order valence-corrected chi connectivity index (χ2v) is 11.5. The minimum Gasteiger partial charge on any atom is -0.467 e. The van der Waals surface area contributed by atoms with Crippen LogP contribution >= 0.6 is 0 Å². The van der Waals surface area contributed by atoms with Crippen molar-refractivity contribution in [2.45, 2.75) is 84.9 Å². The molecule has 2 aromatic rings. The number of hydrogen-bond donors (Lipinski definition) is 0. The first-order chi connectivity index (χ1) is 18.8. The van der Waals surface area contributed by atoms with E-state index in [0.717, 1.165) is 50.5 Å². The summed E-state index contributed by atoms with van der Waals surface area (Å²) in [4.78, 5) is 21.6. The molecule has 4 heterocycles. The van der Waals surface area contributed by atoms with Crippen LogP contribution in [0.25, 0.3) is 0 Å². The van der Waals surface area contributed by atoms with E-state index < -0.39 is 0 Å². The number of methoxy groups -OCH3 is 3. The standard InChI is InChI=1S/C16H27N3O.C14H23N3O2/c1-5-13(2)16(3)7-6-8-19(12-16)11-14-9-17-15(20-4)18-10-14;1-4-14(19-3)6-5-7-17(11-14)10-12-8-15-13(18-2)16-9-12/h9-10,13H,5-8,11-12H2,1-4H3;8-9H,4-7,10-11H2,1-3H3. The maximum Gasteiger partial charge on any atom is 0.316 e. The third kappa shape index (κ3) is 8.82. The van der Waals surface area contributed by atoms with E-state index in [9.17, 15) is 0 Å². The molecule has 9 nitrogen and oxygen atoms in total. The summed E-state index contributed by atoms with van der Waals surface area (Å²) in [5, 5.41) is 0. The summed E-state index contributed by atoms with van der Waals surface area (Å²) in [7, 11) is 4.99. The highest BCUT2D eigenvalue weighted by molar-refractivity contribution is 5.09. The van der Waals surface area contributed by atoms with Crippen molar-refractivity contribution in [3.8, 4) is 12.0 Å². The Labute approximate surface area is 235 Å². The largest absolute Gasteiger partial charge is 0.467 e. The van der Waals surface area contributed by atoms with Crippen LogP contribution in [0.3, 0.4) is 0 Å². The van der Waals surface area contributed by atoms with Gasteiger partial charge in [-0.1, -0.05) is 34.1 Å². The molecule has 0 aliphatic carbocycles. The molecule has 2 aliphatic rings. The maximum absolute atomic E-state index is 5.74. The molecule has 0 spiro atoms. The zero-order chi connectivity index (χ0) is 28.3. The van der Waals surface area contributed by atoms with Gasteiger partial charge in [-0.2, -0.15) is 0 Å². The number of piperidine rings is 2. The molecule has 0 bridgehead atoms. The van der Waals surface area contributed by atoms with Gasteiger partial charge in [0.1, 0.15) is 0 Å². The van der Waals surface area contributed by atoms with Gasteiger partial charge in [-0.3, -0.25) is 9.80 Å². The van der Waals surface area contributed by atoms with Crippen LogP contribution in [0.1, 0.15) is 77.3 Å². The fraction of sp³-hybridized carbons (Fsp3) is 0.733. The van der Waals surface area contributed by atoms with Crippen LogP contribution in [0.4, 0.5) is 0 Å². The Kier molecular flexibility index (Phi) is 11.9. The van der Waals surface area contributed by atoms with Gasteiger partial charge in [0.2, 0.25) is 0 Å². The van der Waals surface area contributed by atoms with E-state index in [1.807, 2.05) is 31.9 Å². The summed E-state index contributed by atoms with van der Waals surface area (Å²) < 4.78 is 15.7. The molecule has 3 atom stereocenters. The first kappa shape index (κ1) is 31.2. The smallest absolute Gasteiger partial charge is 0.316 e. The van der Waals surface area contributed by atoms with Gasteiger partial charge in [0.05, 0.1) is 19.8 Å². The molecule has 0 amide bonds. The third-order valence-corrected chi connectivity index (χ3v) is 8.85. The van der Waals surface area contributed by atoms with Crippen LogP contribution in [-0.4, -0.2) is 82.8 Å². The SMILES string of the molecule is CCC(C)C1(C)CCCN(Cc2cnc(OC)nc2)C1.CCC1(OC)CCCN(Cc2cnc(OC)nc2)C1. The predicted molar refractivity (Wildman–Crippen MR) is 154 cm³/mol. The Morgan fingerprint density at radius 3 is 1.72 bits per heavy atom. The van der Waals surface area contributed by atoms with Crippen LogP contribution in [0, 0.1) is 11.3 Å². The molecule has 2 fully saturated rings. The lowest BCUT2D eigenvalue weighted by molar-refractivity contribution is -0.0688. The summed E-state index contributed by atoms with van der Waals surface area (Å²) in [5.41, 5.74) is 2.74. The van der Waals surface area contributed by atoms with Crippen molar-refractivity contribution in [2.24, 2.45) is 11.3 Å². The minimum atomic E-state index is 0.0194. The molecule has 218 valence electrons. The van der Waals surface area contributed by atoms with E-state index in [-0.39, 0.29) is 5.60 Å². The Morgan fingerprint density at radius 1 is 0.795 bits per heavy atom. The molecule has 0 aromatic carbocycles. The molecule has 39 heavy (non-hydrogen) atoms. The number of aromatic nitrogens is 4. The minimum absolute atomic E-state index is 0.0194. The number of nitrogens with zero attached hydrogens (tertiary/aromatic N) is 6. The molecule has 4 rings (SSSR count). The third-order valence-electron chi connectivity index (χ3n) is 8.85. The van der Waals surface area contributed by atoms with Crippen LogP contribution in [-0.2, 0) is 17.8 Å². The lowest BCUT2D eigenvalue weighted by Crippen LogP contribution is -2.48. The highest BCUT2D eigenvalue weighted by Crippen LogP contribution is 2.38. The molecule has 9 heteroatoms. The number of likely N-dealkylation sites (tertiary alicyclic amines) is 2. The molecular formula is C30H50N6O3. The molecule has 0 radical (unpaired) electrons. The number of ether oxygens (including phenoxy) is 3. The lowest BCUT2D eigenvalue weighted by atomic mass is 9.71. The molecule has 3 unspecified atom stereocenters. The first-order valence-electron chi connectivity index (χ1n) is 14.5. The highest BCUT2D eigenvalue weighted by atomic mass is 16.5. The van der Waals surface area contributed by atoms with Crippen LogP contribution < -0.4 is 9.47 Å². The van der Waals surface area contributed by atoms with Crippen LogP contribution in [0.2, 0.25) is 0 Å². The molecule has 2 aliphatic heterocycles. The molecule has 2 aromatic heterocycles. The van der Waals surface area contributed by atoms with Crippen molar-refractivity contribution < 1.29 is 14.2 Å². The van der Waals surface area contributed by atoms with Gasteiger partial charge in [0.25, 0.3) is 0 Å². The summed E-state index contributed by atoms with van der Waals surface area (Å²) in [5.74, 6) is 0.775. The monoisotopic (exact) mass is 542 g/mol. The Hall–Kier alpha value is -2.36. The predicted octanol–water partition coefficient (Wildman–Crippen LogP) is 5.01. The van der Waals surface area contributed by atoms with Gasteiger partial charge in [-0.05, 0) is 56.5 Å². The molecule has 2 saturated heterocycles. The molecule has 0 N–H and O–H groups in total. The Morgan fingerprint density at radius 2 is 1.28 bits per heavy atom. The van der Waals surface area contributed by atoms with Gasteiger partial charge < -0.3 is 14.2 Å². The van der Waals surface area contributed by atoms with E-state index in [4.69, 9.17) is 14.2 Å². The van der Waals surface area contributed by atoms with Crippen molar-refractivity contribution in [2.75, 3.05) is 47.5 Å². The summed E-state index contributed by atoms with van der Waals surface area (Å²) in [6.45, 7) is 15.6. The van der Waals surface area contributed by atoms with Gasteiger partial charge in [0.15, 0.2) is 0 Å². The first-order valence-corrected chi connectivity index (χ1v) is 14.5. The van der Waals surface area contributed by atoms with E-state index in [1.54, 1.807) is 14.2 Å². The summed E-state index contributed by atoms with van der Waals surface area (Å²) >= 11 is 0. The molecular weight excluding hydrogens is 492 g/mol. The van der Waals surface area contributed by atoms with Crippen molar-refractivity contribution in [1.82, 2.24) is 29.7 Å². The van der Waals surface area contributed by atoms with E-state index in [0.29, 0.717) is 17.4 Å². The molecule has 0 saturated carbocycles. The quantitative estimate of drug-likeness (QED) is 0.411. The lowest BCUT2D eigenvalue weighted by Gasteiger charge is -2.44. The average molecular weight is 543 g/mol. The zero-order valence-electron chi connectivity index (χ0n) is 25.3. The Bertz CT molecular complexity index is 970.